The first-order chi connectivity index (χ1) is 10.5. The molecule has 2 N–H and O–H groups in total. The minimum absolute atomic E-state index is 0.0782. The van der Waals surface area contributed by atoms with E-state index in [1.807, 2.05) is 0 Å². The molecule has 2 nitrogen and oxygen atoms in total. The van der Waals surface area contributed by atoms with Gasteiger partial charge in [-0.15, -0.1) is 0 Å². The Labute approximate surface area is 135 Å². The maximum Gasteiger partial charge on any atom is 0.0237 e. The highest BCUT2D eigenvalue weighted by atomic mass is 15.1. The molecule has 0 saturated carbocycles. The zero-order chi connectivity index (χ0) is 15.8. The summed E-state index contributed by atoms with van der Waals surface area (Å²) >= 11 is 0. The van der Waals surface area contributed by atoms with Crippen LogP contribution in [-0.4, -0.2) is 17.0 Å². The normalized spacial score (nSPS) is 11.8. The minimum Gasteiger partial charge on any atom is -0.326 e. The van der Waals surface area contributed by atoms with Gasteiger partial charge in [-0.05, 0) is 44.4 Å². The van der Waals surface area contributed by atoms with Crippen molar-refractivity contribution in [1.29, 1.82) is 0 Å². The van der Waals surface area contributed by atoms with E-state index in [0.29, 0.717) is 0 Å². The maximum atomic E-state index is 6.11. The predicted molar refractivity (Wildman–Crippen MR) is 94.5 cm³/mol. The van der Waals surface area contributed by atoms with E-state index in [2.05, 4.69) is 79.4 Å². The van der Waals surface area contributed by atoms with Crippen LogP contribution in [0.5, 0.6) is 0 Å². The summed E-state index contributed by atoms with van der Waals surface area (Å²) in [5.74, 6) is 0. The number of hydrogen-bond donors (Lipinski definition) is 1. The van der Waals surface area contributed by atoms with Crippen molar-refractivity contribution >= 4 is 0 Å². The maximum absolute atomic E-state index is 6.11. The summed E-state index contributed by atoms with van der Waals surface area (Å²) in [5.41, 5.74) is 8.76. The SMILES string of the molecule is CC(C)(N)CCCN(Cc1ccccc1)Cc1ccccc1. The number of hydrogen-bond acceptors (Lipinski definition) is 2. The Hall–Kier alpha value is -1.64. The first kappa shape index (κ1) is 16.7. The third-order valence-electron chi connectivity index (χ3n) is 3.79. The molecule has 0 aromatic heterocycles. The van der Waals surface area contributed by atoms with Crippen LogP contribution >= 0.6 is 0 Å². The molecule has 0 fully saturated rings. The van der Waals surface area contributed by atoms with Gasteiger partial charge in [-0.1, -0.05) is 60.7 Å². The van der Waals surface area contributed by atoms with Crippen molar-refractivity contribution in [3.63, 3.8) is 0 Å². The van der Waals surface area contributed by atoms with Gasteiger partial charge in [0.2, 0.25) is 0 Å². The van der Waals surface area contributed by atoms with Crippen molar-refractivity contribution in [1.82, 2.24) is 4.90 Å². The smallest absolute Gasteiger partial charge is 0.0237 e. The molecule has 0 amide bonds. The number of nitrogens with zero attached hydrogens (tertiary/aromatic N) is 1. The summed E-state index contributed by atoms with van der Waals surface area (Å²) in [6.45, 7) is 7.25. The predicted octanol–water partition coefficient (Wildman–Crippen LogP) is 4.21. The van der Waals surface area contributed by atoms with E-state index in [0.717, 1.165) is 32.5 Å². The molecular formula is C20H28N2. The highest BCUT2D eigenvalue weighted by molar-refractivity contribution is 5.17. The molecule has 0 heterocycles. The quantitative estimate of drug-likeness (QED) is 0.791. The first-order valence-electron chi connectivity index (χ1n) is 8.12. The Morgan fingerprint density at radius 3 is 1.68 bits per heavy atom. The molecule has 0 unspecified atom stereocenters. The highest BCUT2D eigenvalue weighted by Gasteiger charge is 2.12. The van der Waals surface area contributed by atoms with Crippen molar-refractivity contribution in [2.75, 3.05) is 6.54 Å². The van der Waals surface area contributed by atoms with Crippen molar-refractivity contribution in [2.45, 2.75) is 45.3 Å². The van der Waals surface area contributed by atoms with Gasteiger partial charge in [0.25, 0.3) is 0 Å². The summed E-state index contributed by atoms with van der Waals surface area (Å²) in [4.78, 5) is 2.51. The lowest BCUT2D eigenvalue weighted by molar-refractivity contribution is 0.243. The van der Waals surface area contributed by atoms with Gasteiger partial charge in [0.15, 0.2) is 0 Å². The van der Waals surface area contributed by atoms with E-state index < -0.39 is 0 Å². The molecule has 2 aromatic rings. The summed E-state index contributed by atoms with van der Waals surface area (Å²) < 4.78 is 0. The largest absolute Gasteiger partial charge is 0.326 e. The molecule has 0 saturated heterocycles. The number of rotatable bonds is 8. The van der Waals surface area contributed by atoms with E-state index in [1.54, 1.807) is 0 Å². The number of benzene rings is 2. The molecule has 0 spiro atoms. The van der Waals surface area contributed by atoms with Gasteiger partial charge in [-0.2, -0.15) is 0 Å². The minimum atomic E-state index is -0.0782. The van der Waals surface area contributed by atoms with Gasteiger partial charge in [0.05, 0.1) is 0 Å². The molecule has 0 aliphatic heterocycles. The standard InChI is InChI=1S/C20H28N2/c1-20(2,21)14-9-15-22(16-18-10-5-3-6-11-18)17-19-12-7-4-8-13-19/h3-8,10-13H,9,14-17,21H2,1-2H3. The second kappa shape index (κ2) is 8.11. The van der Waals surface area contributed by atoms with E-state index in [9.17, 15) is 0 Å². The fourth-order valence-electron chi connectivity index (χ4n) is 2.66. The lowest BCUT2D eigenvalue weighted by Gasteiger charge is -2.25. The molecule has 2 heteroatoms. The van der Waals surface area contributed by atoms with Gasteiger partial charge in [0.1, 0.15) is 0 Å². The van der Waals surface area contributed by atoms with Gasteiger partial charge < -0.3 is 5.73 Å². The molecular weight excluding hydrogens is 268 g/mol. The Kier molecular flexibility index (Phi) is 6.17. The van der Waals surface area contributed by atoms with E-state index >= 15 is 0 Å². The van der Waals surface area contributed by atoms with Crippen LogP contribution in [0.3, 0.4) is 0 Å². The van der Waals surface area contributed by atoms with E-state index in [1.165, 1.54) is 11.1 Å². The lowest BCUT2D eigenvalue weighted by atomic mass is 10.00. The fourth-order valence-corrected chi connectivity index (χ4v) is 2.66. The molecule has 2 aromatic carbocycles. The van der Waals surface area contributed by atoms with Gasteiger partial charge >= 0.3 is 0 Å². The van der Waals surface area contributed by atoms with E-state index in [-0.39, 0.29) is 5.54 Å². The van der Waals surface area contributed by atoms with Crippen LogP contribution in [0.1, 0.15) is 37.8 Å². The first-order valence-corrected chi connectivity index (χ1v) is 8.12. The summed E-state index contributed by atoms with van der Waals surface area (Å²) in [6, 6.07) is 21.4. The Morgan fingerprint density at radius 1 is 0.818 bits per heavy atom. The lowest BCUT2D eigenvalue weighted by Crippen LogP contribution is -2.33. The molecule has 0 aliphatic rings. The van der Waals surface area contributed by atoms with Crippen LogP contribution in [-0.2, 0) is 13.1 Å². The monoisotopic (exact) mass is 296 g/mol. The average molecular weight is 296 g/mol. The highest BCUT2D eigenvalue weighted by Crippen LogP contribution is 2.13. The van der Waals surface area contributed by atoms with E-state index in [4.69, 9.17) is 5.73 Å². The average Bonchev–Trinajstić information content (AvgIpc) is 2.48. The molecule has 118 valence electrons. The van der Waals surface area contributed by atoms with Crippen molar-refractivity contribution in [3.05, 3.63) is 71.8 Å². The third kappa shape index (κ3) is 6.42. The molecule has 0 radical (unpaired) electrons. The van der Waals surface area contributed by atoms with Gasteiger partial charge in [-0.3, -0.25) is 4.90 Å². The zero-order valence-electron chi connectivity index (χ0n) is 13.8. The van der Waals surface area contributed by atoms with Crippen LogP contribution in [0.4, 0.5) is 0 Å². The summed E-state index contributed by atoms with van der Waals surface area (Å²) in [6.07, 6.45) is 2.18. The number of nitrogens with two attached hydrogens (primary N) is 1. The topological polar surface area (TPSA) is 29.3 Å². The van der Waals surface area contributed by atoms with Crippen LogP contribution in [0.25, 0.3) is 0 Å². The zero-order valence-corrected chi connectivity index (χ0v) is 13.8. The van der Waals surface area contributed by atoms with Crippen LogP contribution in [0.2, 0.25) is 0 Å². The third-order valence-corrected chi connectivity index (χ3v) is 3.79. The second-order valence-electron chi connectivity index (χ2n) is 6.77. The molecule has 0 atom stereocenters. The molecule has 2 rings (SSSR count). The molecule has 0 aliphatic carbocycles. The van der Waals surface area contributed by atoms with Gasteiger partial charge in [-0.25, -0.2) is 0 Å². The van der Waals surface area contributed by atoms with Gasteiger partial charge in [0, 0.05) is 18.6 Å². The Balaban J connectivity index is 1.97. The second-order valence-corrected chi connectivity index (χ2v) is 6.77. The summed E-state index contributed by atoms with van der Waals surface area (Å²) in [7, 11) is 0. The molecule has 0 bridgehead atoms. The van der Waals surface area contributed by atoms with Crippen molar-refractivity contribution in [3.8, 4) is 0 Å². The van der Waals surface area contributed by atoms with Crippen molar-refractivity contribution < 1.29 is 0 Å². The van der Waals surface area contributed by atoms with Crippen molar-refractivity contribution in [2.24, 2.45) is 5.73 Å². The fraction of sp³-hybridized carbons (Fsp3) is 0.400. The van der Waals surface area contributed by atoms with Crippen LogP contribution < -0.4 is 5.73 Å². The Morgan fingerprint density at radius 2 is 1.27 bits per heavy atom. The van der Waals surface area contributed by atoms with Crippen LogP contribution in [0.15, 0.2) is 60.7 Å². The van der Waals surface area contributed by atoms with Crippen LogP contribution in [0, 0.1) is 0 Å². The molecule has 22 heavy (non-hydrogen) atoms. The summed E-state index contributed by atoms with van der Waals surface area (Å²) in [5, 5.41) is 0. The Bertz CT molecular complexity index is 487.